The van der Waals surface area contributed by atoms with E-state index in [4.69, 9.17) is 4.42 Å². The summed E-state index contributed by atoms with van der Waals surface area (Å²) in [7, 11) is -3.31. The monoisotopic (exact) mass is 399 g/mol. The zero-order chi connectivity index (χ0) is 17.0. The van der Waals surface area contributed by atoms with Gasteiger partial charge in [-0.25, -0.2) is 13.8 Å². The molecular weight excluding hydrogens is 386 g/mol. The topological polar surface area (TPSA) is 101 Å². The lowest BCUT2D eigenvalue weighted by molar-refractivity contribution is 0.0926. The Morgan fingerprint density at radius 1 is 1.17 bits per heavy atom. The van der Waals surface area contributed by atoms with Crippen LogP contribution in [0.25, 0.3) is 0 Å². The third-order valence-electron chi connectivity index (χ3n) is 2.73. The Morgan fingerprint density at radius 3 is 2.35 bits per heavy atom. The molecule has 0 atom stereocenters. The smallest absolute Gasteiger partial charge is 0.307 e. The third-order valence-corrected chi connectivity index (χ3v) is 3.76. The van der Waals surface area contributed by atoms with Crippen LogP contribution in [0.1, 0.15) is 23.0 Å². The highest BCUT2D eigenvalue weighted by atomic mass is 79.9. The van der Waals surface area contributed by atoms with Crippen molar-refractivity contribution in [2.45, 2.75) is 6.92 Å². The molecular formula is C14H14BrN3O4S. The van der Waals surface area contributed by atoms with E-state index in [0.29, 0.717) is 16.1 Å². The molecule has 1 aromatic heterocycles. The minimum absolute atomic E-state index is 0.140. The summed E-state index contributed by atoms with van der Waals surface area (Å²) < 4.78 is 30.2. The molecule has 9 heteroatoms. The molecule has 1 heterocycles. The Balaban J connectivity index is 2.04. The lowest BCUT2D eigenvalue weighted by Gasteiger charge is -2.05. The highest BCUT2D eigenvalue weighted by Crippen LogP contribution is 2.14. The number of rotatable bonds is 5. The van der Waals surface area contributed by atoms with Crippen molar-refractivity contribution in [1.29, 1.82) is 0 Å². The van der Waals surface area contributed by atoms with Gasteiger partial charge in [0.05, 0.1) is 12.0 Å². The fourth-order valence-corrected chi connectivity index (χ4v) is 2.55. The van der Waals surface area contributed by atoms with Crippen LogP contribution in [0, 0.1) is 0 Å². The fraction of sp³-hybridized carbons (Fsp3) is 0.143. The average molecular weight is 400 g/mol. The molecule has 0 saturated heterocycles. The maximum atomic E-state index is 11.8. The number of hydrogen-bond donors (Lipinski definition) is 2. The van der Waals surface area contributed by atoms with Gasteiger partial charge in [0.25, 0.3) is 0 Å². The minimum atomic E-state index is -3.31. The van der Waals surface area contributed by atoms with E-state index in [2.05, 4.69) is 31.2 Å². The second-order valence-electron chi connectivity index (χ2n) is 4.69. The molecule has 1 amide bonds. The first-order valence-corrected chi connectivity index (χ1v) is 9.11. The molecule has 1 aromatic carbocycles. The van der Waals surface area contributed by atoms with Crippen molar-refractivity contribution in [3.63, 3.8) is 0 Å². The van der Waals surface area contributed by atoms with Crippen LogP contribution in [-0.4, -0.2) is 26.3 Å². The van der Waals surface area contributed by atoms with Crippen molar-refractivity contribution in [2.75, 3.05) is 11.0 Å². The number of halogens is 1. The van der Waals surface area contributed by atoms with E-state index in [1.807, 2.05) is 0 Å². The number of carbonyl (C=O) groups excluding carboxylic acids is 1. The van der Waals surface area contributed by atoms with Gasteiger partial charge >= 0.3 is 5.91 Å². The molecule has 0 aliphatic rings. The van der Waals surface area contributed by atoms with E-state index >= 15 is 0 Å². The average Bonchev–Trinajstić information content (AvgIpc) is 2.90. The first-order chi connectivity index (χ1) is 10.7. The number of hydrazone groups is 1. The van der Waals surface area contributed by atoms with Gasteiger partial charge in [0.2, 0.25) is 10.0 Å². The number of benzene rings is 1. The Kier molecular flexibility index (Phi) is 5.22. The number of hydrogen-bond acceptors (Lipinski definition) is 5. The van der Waals surface area contributed by atoms with E-state index in [0.717, 1.165) is 11.8 Å². The summed E-state index contributed by atoms with van der Waals surface area (Å²) in [5.74, 6) is -0.327. The predicted octanol–water partition coefficient (Wildman–Crippen LogP) is 2.57. The highest BCUT2D eigenvalue weighted by Gasteiger charge is 2.09. The first-order valence-electron chi connectivity index (χ1n) is 6.43. The number of anilines is 1. The van der Waals surface area contributed by atoms with Crippen LogP contribution < -0.4 is 10.1 Å². The Bertz CT molecular complexity index is 841. The van der Waals surface area contributed by atoms with E-state index in [9.17, 15) is 13.2 Å². The van der Waals surface area contributed by atoms with E-state index < -0.39 is 15.9 Å². The summed E-state index contributed by atoms with van der Waals surface area (Å²) >= 11 is 3.11. The molecule has 0 fully saturated rings. The summed E-state index contributed by atoms with van der Waals surface area (Å²) in [6.45, 7) is 1.72. The molecule has 2 rings (SSSR count). The zero-order valence-electron chi connectivity index (χ0n) is 12.3. The van der Waals surface area contributed by atoms with Gasteiger partial charge in [0.1, 0.15) is 0 Å². The lowest BCUT2D eigenvalue weighted by Crippen LogP contribution is -2.18. The van der Waals surface area contributed by atoms with Gasteiger partial charge in [-0.05, 0) is 52.7 Å². The number of nitrogens with zero attached hydrogens (tertiary/aromatic N) is 1. The standard InChI is InChI=1S/C14H14BrN3O4S/c1-9(16-17-14(19)12-7-8-13(15)22-12)10-3-5-11(6-4-10)18-23(2,20)21/h3-8,18H,1-2H3,(H,17,19)/b16-9-. The summed E-state index contributed by atoms with van der Waals surface area (Å²) in [5, 5.41) is 3.99. The van der Waals surface area contributed by atoms with Crippen LogP contribution in [0.2, 0.25) is 0 Å². The number of furan rings is 1. The Morgan fingerprint density at radius 2 is 1.83 bits per heavy atom. The Hall–Kier alpha value is -2.13. The normalized spacial score (nSPS) is 12.0. The summed E-state index contributed by atoms with van der Waals surface area (Å²) in [4.78, 5) is 11.8. The van der Waals surface area contributed by atoms with E-state index in [1.165, 1.54) is 6.07 Å². The molecule has 0 unspecified atom stereocenters. The van der Waals surface area contributed by atoms with E-state index in [1.54, 1.807) is 37.3 Å². The van der Waals surface area contributed by atoms with Gasteiger partial charge in [0, 0.05) is 5.69 Å². The lowest BCUT2D eigenvalue weighted by atomic mass is 10.1. The van der Waals surface area contributed by atoms with Gasteiger partial charge in [-0.3, -0.25) is 9.52 Å². The maximum absolute atomic E-state index is 11.8. The molecule has 0 aliphatic carbocycles. The molecule has 0 saturated carbocycles. The second kappa shape index (κ2) is 6.97. The fourth-order valence-electron chi connectivity index (χ4n) is 1.68. The van der Waals surface area contributed by atoms with Crippen LogP contribution in [0.3, 0.4) is 0 Å². The molecule has 0 bridgehead atoms. The van der Waals surface area contributed by atoms with Gasteiger partial charge in [-0.1, -0.05) is 12.1 Å². The number of carbonyl (C=O) groups is 1. The van der Waals surface area contributed by atoms with Crippen molar-refractivity contribution in [2.24, 2.45) is 5.10 Å². The van der Waals surface area contributed by atoms with Gasteiger partial charge in [-0.15, -0.1) is 0 Å². The van der Waals surface area contributed by atoms with Gasteiger partial charge < -0.3 is 4.42 Å². The highest BCUT2D eigenvalue weighted by molar-refractivity contribution is 9.10. The number of nitrogens with one attached hydrogen (secondary N) is 2. The predicted molar refractivity (Wildman–Crippen MR) is 91.0 cm³/mol. The first kappa shape index (κ1) is 17.2. The van der Waals surface area contributed by atoms with Crippen molar-refractivity contribution >= 4 is 43.3 Å². The molecule has 0 radical (unpaired) electrons. The Labute approximate surface area is 141 Å². The summed E-state index contributed by atoms with van der Waals surface area (Å²) in [6, 6.07) is 9.75. The zero-order valence-corrected chi connectivity index (χ0v) is 14.7. The molecule has 122 valence electrons. The quantitative estimate of drug-likeness (QED) is 0.595. The maximum Gasteiger partial charge on any atom is 0.307 e. The van der Waals surface area contributed by atoms with Crippen LogP contribution in [0.15, 0.2) is 50.6 Å². The molecule has 0 aliphatic heterocycles. The molecule has 7 nitrogen and oxygen atoms in total. The van der Waals surface area contributed by atoms with Crippen molar-refractivity contribution in [1.82, 2.24) is 5.43 Å². The SMILES string of the molecule is C/C(=N/NC(=O)c1ccc(Br)o1)c1ccc(NS(C)(=O)=O)cc1. The largest absolute Gasteiger partial charge is 0.444 e. The van der Waals surface area contributed by atoms with Crippen LogP contribution in [-0.2, 0) is 10.0 Å². The molecule has 2 aromatic rings. The van der Waals surface area contributed by atoms with Crippen molar-refractivity contribution in [3.05, 3.63) is 52.4 Å². The third kappa shape index (κ3) is 5.22. The summed E-state index contributed by atoms with van der Waals surface area (Å²) in [6.07, 6.45) is 1.08. The van der Waals surface area contributed by atoms with Crippen LogP contribution in [0.4, 0.5) is 5.69 Å². The van der Waals surface area contributed by atoms with Crippen LogP contribution >= 0.6 is 15.9 Å². The molecule has 2 N–H and O–H groups in total. The molecule has 23 heavy (non-hydrogen) atoms. The number of amides is 1. The number of sulfonamides is 1. The molecule has 0 spiro atoms. The van der Waals surface area contributed by atoms with Crippen LogP contribution in [0.5, 0.6) is 0 Å². The summed E-state index contributed by atoms with van der Waals surface area (Å²) in [5.41, 5.74) is 4.14. The van der Waals surface area contributed by atoms with Crippen molar-refractivity contribution < 1.29 is 17.6 Å². The van der Waals surface area contributed by atoms with Gasteiger partial charge in [-0.2, -0.15) is 5.10 Å². The van der Waals surface area contributed by atoms with Gasteiger partial charge in [0.15, 0.2) is 10.4 Å². The van der Waals surface area contributed by atoms with Crippen molar-refractivity contribution in [3.8, 4) is 0 Å². The van der Waals surface area contributed by atoms with E-state index in [-0.39, 0.29) is 5.76 Å². The second-order valence-corrected chi connectivity index (χ2v) is 7.22. The minimum Gasteiger partial charge on any atom is -0.444 e.